The highest BCUT2D eigenvalue weighted by Crippen LogP contribution is 2.37. The molecule has 74 valence electrons. The molecule has 0 radical (unpaired) electrons. The van der Waals surface area contributed by atoms with Gasteiger partial charge in [0.2, 0.25) is 0 Å². The highest BCUT2D eigenvalue weighted by molar-refractivity contribution is 9.11. The van der Waals surface area contributed by atoms with Gasteiger partial charge in [0, 0.05) is 9.35 Å². The maximum absolute atomic E-state index is 9.84. The van der Waals surface area contributed by atoms with Crippen LogP contribution in [0, 0.1) is 5.92 Å². The number of aliphatic hydroxyl groups is 1. The van der Waals surface area contributed by atoms with Crippen molar-refractivity contribution in [1.82, 2.24) is 0 Å². The van der Waals surface area contributed by atoms with Crippen LogP contribution in [0.4, 0.5) is 0 Å². The third-order valence-corrected chi connectivity index (χ3v) is 4.34. The predicted octanol–water partition coefficient (Wildman–Crippen LogP) is 4.35. The zero-order valence-electron chi connectivity index (χ0n) is 7.55. The molecule has 1 rings (SSSR count). The largest absolute Gasteiger partial charge is 0.388 e. The maximum Gasteiger partial charge on any atom is 0.0896 e. The van der Waals surface area contributed by atoms with Gasteiger partial charge in [-0.15, -0.1) is 11.3 Å². The number of halogens is 2. The Bertz CT molecular complexity index is 283. The summed E-state index contributed by atoms with van der Waals surface area (Å²) in [6.45, 7) is 4.22. The van der Waals surface area contributed by atoms with Gasteiger partial charge in [-0.2, -0.15) is 0 Å². The molecule has 13 heavy (non-hydrogen) atoms. The Kier molecular flexibility index (Phi) is 4.42. The van der Waals surface area contributed by atoms with Crippen LogP contribution < -0.4 is 0 Å². The van der Waals surface area contributed by atoms with Crippen LogP contribution in [0.5, 0.6) is 0 Å². The molecule has 0 aromatic carbocycles. The Morgan fingerprint density at radius 2 is 2.08 bits per heavy atom. The average molecular weight is 328 g/mol. The van der Waals surface area contributed by atoms with Gasteiger partial charge in [-0.25, -0.2) is 0 Å². The molecule has 0 spiro atoms. The van der Waals surface area contributed by atoms with Crippen LogP contribution in [0.2, 0.25) is 0 Å². The number of hydrogen-bond acceptors (Lipinski definition) is 2. The summed E-state index contributed by atoms with van der Waals surface area (Å²) in [4.78, 5) is 1.01. The van der Waals surface area contributed by atoms with E-state index in [-0.39, 0.29) is 6.10 Å². The SMILES string of the molecule is CC(C)CC(O)c1sc(Br)cc1Br. The lowest BCUT2D eigenvalue weighted by molar-refractivity contribution is 0.154. The first-order valence-electron chi connectivity index (χ1n) is 4.13. The summed E-state index contributed by atoms with van der Waals surface area (Å²) in [7, 11) is 0. The van der Waals surface area contributed by atoms with Crippen LogP contribution in [0.25, 0.3) is 0 Å². The van der Waals surface area contributed by atoms with E-state index in [2.05, 4.69) is 45.7 Å². The molecule has 0 aliphatic heterocycles. The molecule has 0 fully saturated rings. The van der Waals surface area contributed by atoms with Gasteiger partial charge in [-0.3, -0.25) is 0 Å². The quantitative estimate of drug-likeness (QED) is 0.874. The predicted molar refractivity (Wildman–Crippen MR) is 64.1 cm³/mol. The highest BCUT2D eigenvalue weighted by Gasteiger charge is 2.15. The molecule has 0 bridgehead atoms. The van der Waals surface area contributed by atoms with Gasteiger partial charge in [0.15, 0.2) is 0 Å². The molecule has 1 unspecified atom stereocenters. The molecule has 1 aromatic heterocycles. The van der Waals surface area contributed by atoms with Gasteiger partial charge in [0.1, 0.15) is 0 Å². The van der Waals surface area contributed by atoms with Crippen molar-refractivity contribution in [2.24, 2.45) is 5.92 Å². The summed E-state index contributed by atoms with van der Waals surface area (Å²) in [5.41, 5.74) is 0. The lowest BCUT2D eigenvalue weighted by Gasteiger charge is -2.11. The molecule has 0 saturated carbocycles. The van der Waals surface area contributed by atoms with Crippen molar-refractivity contribution in [3.8, 4) is 0 Å². The van der Waals surface area contributed by atoms with Crippen LogP contribution >= 0.6 is 43.2 Å². The fraction of sp³-hybridized carbons (Fsp3) is 0.556. The van der Waals surface area contributed by atoms with Crippen molar-refractivity contribution in [2.75, 3.05) is 0 Å². The van der Waals surface area contributed by atoms with Crippen LogP contribution in [0.3, 0.4) is 0 Å². The van der Waals surface area contributed by atoms with Crippen LogP contribution in [-0.4, -0.2) is 5.11 Å². The molecular formula is C9H12Br2OS. The summed E-state index contributed by atoms with van der Waals surface area (Å²) in [6.07, 6.45) is 0.469. The highest BCUT2D eigenvalue weighted by atomic mass is 79.9. The topological polar surface area (TPSA) is 20.2 Å². The second-order valence-corrected chi connectivity index (χ2v) is 6.73. The van der Waals surface area contributed by atoms with Gasteiger partial charge >= 0.3 is 0 Å². The molecule has 1 atom stereocenters. The molecule has 1 heterocycles. The molecule has 0 saturated heterocycles. The summed E-state index contributed by atoms with van der Waals surface area (Å²) >= 11 is 8.41. The van der Waals surface area contributed by atoms with E-state index in [0.717, 1.165) is 19.6 Å². The summed E-state index contributed by atoms with van der Waals surface area (Å²) in [5, 5.41) is 9.84. The van der Waals surface area contributed by atoms with E-state index in [1.54, 1.807) is 11.3 Å². The number of thiophene rings is 1. The summed E-state index contributed by atoms with van der Waals surface area (Å²) in [6, 6.07) is 1.98. The molecular weight excluding hydrogens is 316 g/mol. The van der Waals surface area contributed by atoms with Crippen molar-refractivity contribution >= 4 is 43.2 Å². The van der Waals surface area contributed by atoms with E-state index in [9.17, 15) is 5.11 Å². The molecule has 1 N–H and O–H groups in total. The fourth-order valence-corrected chi connectivity index (χ4v) is 3.86. The number of rotatable bonds is 3. The molecule has 1 nitrogen and oxygen atoms in total. The fourth-order valence-electron chi connectivity index (χ4n) is 1.13. The Morgan fingerprint density at radius 1 is 1.46 bits per heavy atom. The third kappa shape index (κ3) is 3.35. The van der Waals surface area contributed by atoms with Crippen molar-refractivity contribution < 1.29 is 5.11 Å². The molecule has 0 aliphatic carbocycles. The van der Waals surface area contributed by atoms with Crippen molar-refractivity contribution in [1.29, 1.82) is 0 Å². The number of aliphatic hydroxyl groups excluding tert-OH is 1. The smallest absolute Gasteiger partial charge is 0.0896 e. The van der Waals surface area contributed by atoms with E-state index in [1.165, 1.54) is 0 Å². The molecule has 4 heteroatoms. The van der Waals surface area contributed by atoms with E-state index in [4.69, 9.17) is 0 Å². The van der Waals surface area contributed by atoms with Gasteiger partial charge < -0.3 is 5.11 Å². The first kappa shape index (κ1) is 11.7. The Hall–Kier alpha value is 0.620. The maximum atomic E-state index is 9.84. The first-order chi connectivity index (χ1) is 6.00. The lowest BCUT2D eigenvalue weighted by atomic mass is 10.1. The van der Waals surface area contributed by atoms with E-state index in [1.807, 2.05) is 6.07 Å². The zero-order valence-corrected chi connectivity index (χ0v) is 11.5. The minimum absolute atomic E-state index is 0.342. The molecule has 1 aromatic rings. The second-order valence-electron chi connectivity index (χ2n) is 3.41. The lowest BCUT2D eigenvalue weighted by Crippen LogP contribution is -2.00. The monoisotopic (exact) mass is 326 g/mol. The van der Waals surface area contributed by atoms with Crippen molar-refractivity contribution in [3.63, 3.8) is 0 Å². The third-order valence-electron chi connectivity index (χ3n) is 1.68. The minimum Gasteiger partial charge on any atom is -0.388 e. The van der Waals surface area contributed by atoms with Crippen LogP contribution in [-0.2, 0) is 0 Å². The molecule has 0 amide bonds. The van der Waals surface area contributed by atoms with Gasteiger partial charge in [0.05, 0.1) is 9.89 Å². The van der Waals surface area contributed by atoms with Gasteiger partial charge in [-0.05, 0) is 50.3 Å². The van der Waals surface area contributed by atoms with Crippen molar-refractivity contribution in [3.05, 3.63) is 19.2 Å². The minimum atomic E-state index is -0.342. The van der Waals surface area contributed by atoms with Gasteiger partial charge in [-0.1, -0.05) is 13.8 Å². The average Bonchev–Trinajstić information content (AvgIpc) is 2.28. The van der Waals surface area contributed by atoms with Crippen LogP contribution in [0.15, 0.2) is 14.3 Å². The Labute approximate surface area is 99.4 Å². The van der Waals surface area contributed by atoms with E-state index < -0.39 is 0 Å². The zero-order chi connectivity index (χ0) is 10.0. The Balaban J connectivity index is 2.76. The van der Waals surface area contributed by atoms with Crippen LogP contribution in [0.1, 0.15) is 31.2 Å². The summed E-state index contributed by atoms with van der Waals surface area (Å²) < 4.78 is 2.05. The van der Waals surface area contributed by atoms with Gasteiger partial charge in [0.25, 0.3) is 0 Å². The van der Waals surface area contributed by atoms with E-state index in [0.29, 0.717) is 5.92 Å². The normalized spacial score (nSPS) is 13.7. The summed E-state index contributed by atoms with van der Waals surface area (Å²) in [5.74, 6) is 0.516. The Morgan fingerprint density at radius 3 is 2.46 bits per heavy atom. The standard InChI is InChI=1S/C9H12Br2OS/c1-5(2)3-7(12)9-6(10)4-8(11)13-9/h4-5,7,12H,3H2,1-2H3. The van der Waals surface area contributed by atoms with Crippen molar-refractivity contribution in [2.45, 2.75) is 26.4 Å². The second kappa shape index (κ2) is 4.91. The van der Waals surface area contributed by atoms with E-state index >= 15 is 0 Å². The molecule has 0 aliphatic rings. The number of hydrogen-bond donors (Lipinski definition) is 1. The first-order valence-corrected chi connectivity index (χ1v) is 6.53.